The molecule has 0 heterocycles. The minimum Gasteiger partial charge on any atom is -0.366 e. The molecule has 0 unspecified atom stereocenters. The van der Waals surface area contributed by atoms with Crippen LogP contribution in [0.5, 0.6) is 0 Å². The van der Waals surface area contributed by atoms with Gasteiger partial charge in [-0.05, 0) is 29.3 Å². The highest BCUT2D eigenvalue weighted by molar-refractivity contribution is 6.30. The highest BCUT2D eigenvalue weighted by atomic mass is 35.5. The topological polar surface area (TPSA) is 43.1 Å². The molecule has 0 saturated heterocycles. The summed E-state index contributed by atoms with van der Waals surface area (Å²) >= 11 is 5.82. The van der Waals surface area contributed by atoms with E-state index in [1.165, 1.54) is 0 Å². The number of rotatable bonds is 3. The van der Waals surface area contributed by atoms with Crippen molar-refractivity contribution in [1.29, 1.82) is 0 Å². The van der Waals surface area contributed by atoms with Gasteiger partial charge < -0.3 is 5.73 Å². The summed E-state index contributed by atoms with van der Waals surface area (Å²) < 4.78 is 0. The van der Waals surface area contributed by atoms with Crippen molar-refractivity contribution >= 4 is 29.2 Å². The Kier molecular flexibility index (Phi) is 3.80. The minimum absolute atomic E-state index is 0.457. The van der Waals surface area contributed by atoms with Gasteiger partial charge in [-0.1, -0.05) is 54.1 Å². The zero-order chi connectivity index (χ0) is 13.0. The summed E-state index contributed by atoms with van der Waals surface area (Å²) in [6.07, 6.45) is 1.77. The molecule has 0 aliphatic carbocycles. The van der Waals surface area contributed by atoms with Gasteiger partial charge in [0.1, 0.15) is 0 Å². The molecule has 0 spiro atoms. The molecule has 2 rings (SSSR count). The van der Waals surface area contributed by atoms with Gasteiger partial charge in [-0.15, -0.1) is 0 Å². The molecule has 0 bridgehead atoms. The van der Waals surface area contributed by atoms with E-state index in [-0.39, 0.29) is 0 Å². The third-order valence-corrected chi connectivity index (χ3v) is 2.78. The highest BCUT2D eigenvalue weighted by Gasteiger charge is 2.08. The summed E-state index contributed by atoms with van der Waals surface area (Å²) in [7, 11) is 0. The normalized spacial score (nSPS) is 11.3. The Bertz CT molecular complexity index is 573. The first kappa shape index (κ1) is 12.4. The third kappa shape index (κ3) is 2.99. The van der Waals surface area contributed by atoms with Crippen LogP contribution < -0.4 is 5.73 Å². The molecule has 90 valence electrons. The Morgan fingerprint density at radius 1 is 1.00 bits per heavy atom. The van der Waals surface area contributed by atoms with E-state index in [0.717, 1.165) is 11.1 Å². The summed E-state index contributed by atoms with van der Waals surface area (Å²) in [6, 6.07) is 16.6. The van der Waals surface area contributed by atoms with Crippen LogP contribution in [0.1, 0.15) is 11.1 Å². The van der Waals surface area contributed by atoms with E-state index in [2.05, 4.69) is 0 Å². The maximum Gasteiger partial charge on any atom is 0.249 e. The lowest BCUT2D eigenvalue weighted by Gasteiger charge is -2.04. The zero-order valence-corrected chi connectivity index (χ0v) is 10.4. The molecule has 0 aliphatic rings. The maximum atomic E-state index is 11.5. The Labute approximate surface area is 111 Å². The molecule has 2 aromatic carbocycles. The summed E-state index contributed by atoms with van der Waals surface area (Å²) in [5, 5.41) is 0.627. The van der Waals surface area contributed by atoms with Gasteiger partial charge in [-0.25, -0.2) is 0 Å². The fourth-order valence-corrected chi connectivity index (χ4v) is 1.77. The molecule has 0 aromatic heterocycles. The fourth-order valence-electron chi connectivity index (χ4n) is 1.64. The lowest BCUT2D eigenvalue weighted by Crippen LogP contribution is -2.12. The standard InChI is InChI=1S/C15H12ClNO/c16-13-8-6-12(7-9-13)14(15(17)18)10-11-4-2-1-3-5-11/h1-10H,(H2,17,18). The summed E-state index contributed by atoms with van der Waals surface area (Å²) in [5.41, 5.74) is 7.58. The van der Waals surface area contributed by atoms with Crippen molar-refractivity contribution in [3.8, 4) is 0 Å². The van der Waals surface area contributed by atoms with Gasteiger partial charge in [0.05, 0.1) is 0 Å². The van der Waals surface area contributed by atoms with Gasteiger partial charge in [0, 0.05) is 10.6 Å². The van der Waals surface area contributed by atoms with E-state index < -0.39 is 5.91 Å². The van der Waals surface area contributed by atoms with E-state index >= 15 is 0 Å². The van der Waals surface area contributed by atoms with Crippen LogP contribution in [-0.4, -0.2) is 5.91 Å². The smallest absolute Gasteiger partial charge is 0.249 e. The number of carbonyl (C=O) groups is 1. The molecule has 3 heteroatoms. The molecule has 2 aromatic rings. The molecule has 1 amide bonds. The Hall–Kier alpha value is -2.06. The number of primary amides is 1. The van der Waals surface area contributed by atoms with Crippen LogP contribution in [0.15, 0.2) is 54.6 Å². The van der Waals surface area contributed by atoms with Gasteiger partial charge in [0.15, 0.2) is 0 Å². The second kappa shape index (κ2) is 5.52. The number of hydrogen-bond donors (Lipinski definition) is 1. The molecule has 18 heavy (non-hydrogen) atoms. The monoisotopic (exact) mass is 257 g/mol. The number of halogens is 1. The first-order chi connectivity index (χ1) is 8.66. The second-order valence-corrected chi connectivity index (χ2v) is 4.28. The van der Waals surface area contributed by atoms with E-state index in [1.807, 2.05) is 30.3 Å². The van der Waals surface area contributed by atoms with Gasteiger partial charge in [-0.2, -0.15) is 0 Å². The number of amides is 1. The van der Waals surface area contributed by atoms with Crippen LogP contribution >= 0.6 is 11.6 Å². The first-order valence-corrected chi connectivity index (χ1v) is 5.87. The van der Waals surface area contributed by atoms with Crippen LogP contribution in [0.2, 0.25) is 5.02 Å². The van der Waals surface area contributed by atoms with E-state index in [0.29, 0.717) is 10.6 Å². The Morgan fingerprint density at radius 2 is 1.61 bits per heavy atom. The van der Waals surface area contributed by atoms with Gasteiger partial charge >= 0.3 is 0 Å². The SMILES string of the molecule is NC(=O)C(=Cc1ccccc1)c1ccc(Cl)cc1. The molecular weight excluding hydrogens is 246 g/mol. The average molecular weight is 258 g/mol. The number of nitrogens with two attached hydrogens (primary N) is 1. The van der Waals surface area contributed by atoms with E-state index in [9.17, 15) is 4.79 Å². The van der Waals surface area contributed by atoms with Gasteiger partial charge in [0.2, 0.25) is 5.91 Å². The van der Waals surface area contributed by atoms with Crippen molar-refractivity contribution in [2.75, 3.05) is 0 Å². The summed E-state index contributed by atoms with van der Waals surface area (Å²) in [6.45, 7) is 0. The Balaban J connectivity index is 2.44. The summed E-state index contributed by atoms with van der Waals surface area (Å²) in [4.78, 5) is 11.5. The third-order valence-electron chi connectivity index (χ3n) is 2.53. The van der Waals surface area contributed by atoms with Crippen molar-refractivity contribution in [1.82, 2.24) is 0 Å². The van der Waals surface area contributed by atoms with Gasteiger partial charge in [-0.3, -0.25) is 4.79 Å². The lowest BCUT2D eigenvalue weighted by atomic mass is 10.0. The lowest BCUT2D eigenvalue weighted by molar-refractivity contribution is -0.112. The molecular formula is C15H12ClNO. The van der Waals surface area contributed by atoms with E-state index in [4.69, 9.17) is 17.3 Å². The zero-order valence-electron chi connectivity index (χ0n) is 9.64. The van der Waals surface area contributed by atoms with Crippen molar-refractivity contribution in [2.24, 2.45) is 5.73 Å². The molecule has 0 aliphatic heterocycles. The predicted molar refractivity (Wildman–Crippen MR) is 75.0 cm³/mol. The van der Waals surface area contributed by atoms with Crippen molar-refractivity contribution < 1.29 is 4.79 Å². The number of carbonyl (C=O) groups excluding carboxylic acids is 1. The van der Waals surface area contributed by atoms with Crippen molar-refractivity contribution in [3.05, 3.63) is 70.7 Å². The van der Waals surface area contributed by atoms with Crippen LogP contribution in [0.25, 0.3) is 11.6 Å². The average Bonchev–Trinajstić information content (AvgIpc) is 2.38. The largest absolute Gasteiger partial charge is 0.366 e. The van der Waals surface area contributed by atoms with E-state index in [1.54, 1.807) is 30.3 Å². The molecule has 2 N–H and O–H groups in total. The second-order valence-electron chi connectivity index (χ2n) is 3.84. The Morgan fingerprint density at radius 3 is 2.17 bits per heavy atom. The number of benzene rings is 2. The quantitative estimate of drug-likeness (QED) is 0.665. The minimum atomic E-state index is -0.457. The van der Waals surface area contributed by atoms with Crippen LogP contribution in [-0.2, 0) is 4.79 Å². The molecule has 2 nitrogen and oxygen atoms in total. The maximum absolute atomic E-state index is 11.5. The highest BCUT2D eigenvalue weighted by Crippen LogP contribution is 2.20. The fraction of sp³-hybridized carbons (Fsp3) is 0. The summed E-state index contributed by atoms with van der Waals surface area (Å²) in [5.74, 6) is -0.457. The van der Waals surface area contributed by atoms with Crippen LogP contribution in [0, 0.1) is 0 Å². The van der Waals surface area contributed by atoms with Crippen molar-refractivity contribution in [2.45, 2.75) is 0 Å². The first-order valence-electron chi connectivity index (χ1n) is 5.49. The molecule has 0 fully saturated rings. The van der Waals surface area contributed by atoms with Crippen LogP contribution in [0.4, 0.5) is 0 Å². The predicted octanol–water partition coefficient (Wildman–Crippen LogP) is 3.37. The van der Waals surface area contributed by atoms with Crippen molar-refractivity contribution in [3.63, 3.8) is 0 Å². The molecule has 0 radical (unpaired) electrons. The number of hydrogen-bond acceptors (Lipinski definition) is 1. The van der Waals surface area contributed by atoms with Crippen LogP contribution in [0.3, 0.4) is 0 Å². The molecule has 0 atom stereocenters. The molecule has 0 saturated carbocycles. The van der Waals surface area contributed by atoms with Gasteiger partial charge in [0.25, 0.3) is 0 Å².